The van der Waals surface area contributed by atoms with E-state index in [4.69, 9.17) is 0 Å². The monoisotopic (exact) mass is 279 g/mol. The van der Waals surface area contributed by atoms with Gasteiger partial charge in [-0.2, -0.15) is 5.10 Å². The van der Waals surface area contributed by atoms with Crippen molar-refractivity contribution in [2.75, 3.05) is 7.05 Å². The van der Waals surface area contributed by atoms with Gasteiger partial charge < -0.3 is 14.9 Å². The maximum atomic E-state index is 12.3. The molecule has 1 heterocycles. The SMILES string of the molecule is CN(C(=O)C(=O)c1c(B(O)O)cnn1C)C1CCCC1. The topological polar surface area (TPSA) is 95.7 Å². The van der Waals surface area contributed by atoms with Crippen LogP contribution in [0.5, 0.6) is 0 Å². The first-order chi connectivity index (χ1) is 9.43. The van der Waals surface area contributed by atoms with Crippen LogP contribution in [0, 0.1) is 0 Å². The predicted octanol–water partition coefficient (Wildman–Crippen LogP) is -1.32. The van der Waals surface area contributed by atoms with E-state index in [1.807, 2.05) is 0 Å². The van der Waals surface area contributed by atoms with E-state index in [0.29, 0.717) is 0 Å². The first kappa shape index (κ1) is 14.7. The van der Waals surface area contributed by atoms with Crippen LogP contribution in [0.25, 0.3) is 0 Å². The van der Waals surface area contributed by atoms with Crippen LogP contribution in [-0.4, -0.2) is 56.6 Å². The van der Waals surface area contributed by atoms with Crippen LogP contribution in [-0.2, 0) is 11.8 Å². The zero-order chi connectivity index (χ0) is 14.9. The van der Waals surface area contributed by atoms with E-state index in [0.717, 1.165) is 25.7 Å². The molecule has 0 atom stereocenters. The molecule has 2 rings (SSSR count). The average molecular weight is 279 g/mol. The van der Waals surface area contributed by atoms with Crippen LogP contribution >= 0.6 is 0 Å². The summed E-state index contributed by atoms with van der Waals surface area (Å²) in [7, 11) is 1.27. The summed E-state index contributed by atoms with van der Waals surface area (Å²) in [6.07, 6.45) is 5.10. The van der Waals surface area contributed by atoms with Crippen LogP contribution in [0.2, 0.25) is 0 Å². The van der Waals surface area contributed by atoms with E-state index in [1.54, 1.807) is 7.05 Å². The van der Waals surface area contributed by atoms with Gasteiger partial charge in [0.2, 0.25) is 0 Å². The third-order valence-corrected chi connectivity index (χ3v) is 3.85. The number of rotatable bonds is 4. The number of hydrogen-bond donors (Lipinski definition) is 2. The molecule has 0 spiro atoms. The Labute approximate surface area is 117 Å². The highest BCUT2D eigenvalue weighted by atomic mass is 16.4. The van der Waals surface area contributed by atoms with Crippen LogP contribution in [0.15, 0.2) is 6.20 Å². The fourth-order valence-electron chi connectivity index (χ4n) is 2.64. The Kier molecular flexibility index (Phi) is 4.25. The summed E-state index contributed by atoms with van der Waals surface area (Å²) in [6, 6.07) is 0.0853. The molecule has 1 saturated carbocycles. The second-order valence-corrected chi connectivity index (χ2v) is 5.13. The molecule has 1 amide bonds. The van der Waals surface area contributed by atoms with Crippen molar-refractivity contribution in [2.24, 2.45) is 7.05 Å². The van der Waals surface area contributed by atoms with Gasteiger partial charge in [0.05, 0.1) is 0 Å². The average Bonchev–Trinajstić information content (AvgIpc) is 3.05. The Morgan fingerprint density at radius 2 is 2.00 bits per heavy atom. The third kappa shape index (κ3) is 2.61. The number of aromatic nitrogens is 2. The molecule has 0 saturated heterocycles. The van der Waals surface area contributed by atoms with Gasteiger partial charge in [0.15, 0.2) is 0 Å². The van der Waals surface area contributed by atoms with Gasteiger partial charge in [-0.1, -0.05) is 12.8 Å². The number of nitrogens with zero attached hydrogens (tertiary/aromatic N) is 3. The number of hydrogen-bond acceptors (Lipinski definition) is 5. The first-order valence-corrected chi connectivity index (χ1v) is 6.63. The van der Waals surface area contributed by atoms with E-state index < -0.39 is 18.8 Å². The lowest BCUT2D eigenvalue weighted by Gasteiger charge is -2.23. The van der Waals surface area contributed by atoms with Crippen molar-refractivity contribution in [3.05, 3.63) is 11.9 Å². The van der Waals surface area contributed by atoms with E-state index >= 15 is 0 Å². The van der Waals surface area contributed by atoms with Crippen LogP contribution in [0.1, 0.15) is 36.2 Å². The molecular formula is C12H18BN3O4. The van der Waals surface area contributed by atoms with Crippen molar-refractivity contribution < 1.29 is 19.6 Å². The molecule has 8 heteroatoms. The zero-order valence-corrected chi connectivity index (χ0v) is 11.6. The van der Waals surface area contributed by atoms with Crippen LogP contribution < -0.4 is 5.46 Å². The standard InChI is InChI=1S/C12H18BN3O4/c1-15(8-5-3-4-6-8)12(18)11(17)10-9(13(19)20)7-14-16(10)2/h7-8,19-20H,3-6H2,1-2H3. The lowest BCUT2D eigenvalue weighted by atomic mass is 9.79. The van der Waals surface area contributed by atoms with Gasteiger partial charge in [0, 0.05) is 31.8 Å². The summed E-state index contributed by atoms with van der Waals surface area (Å²) in [5.41, 5.74) is -0.125. The molecule has 0 aromatic carbocycles. The van der Waals surface area contributed by atoms with Crippen molar-refractivity contribution >= 4 is 24.3 Å². The van der Waals surface area contributed by atoms with Crippen molar-refractivity contribution in [3.8, 4) is 0 Å². The highest BCUT2D eigenvalue weighted by molar-refractivity contribution is 6.62. The summed E-state index contributed by atoms with van der Waals surface area (Å²) >= 11 is 0. The lowest BCUT2D eigenvalue weighted by molar-refractivity contribution is -0.127. The van der Waals surface area contributed by atoms with Crippen molar-refractivity contribution in [2.45, 2.75) is 31.7 Å². The third-order valence-electron chi connectivity index (χ3n) is 3.85. The molecule has 1 fully saturated rings. The Hall–Kier alpha value is -1.67. The summed E-state index contributed by atoms with van der Waals surface area (Å²) in [5, 5.41) is 22.3. The smallest absolute Gasteiger partial charge is 0.423 e. The number of amides is 1. The number of likely N-dealkylation sites (N-methyl/N-ethyl adjacent to an activating group) is 1. The van der Waals surface area contributed by atoms with Gasteiger partial charge in [-0.05, 0) is 12.8 Å². The summed E-state index contributed by atoms with van der Waals surface area (Å²) in [5.74, 6) is -1.40. The highest BCUT2D eigenvalue weighted by Crippen LogP contribution is 2.22. The summed E-state index contributed by atoms with van der Waals surface area (Å²) in [6.45, 7) is 0. The maximum absolute atomic E-state index is 12.3. The molecule has 1 aliphatic rings. The van der Waals surface area contributed by atoms with Gasteiger partial charge in [-0.3, -0.25) is 14.3 Å². The summed E-state index contributed by atoms with van der Waals surface area (Å²) < 4.78 is 1.19. The van der Waals surface area contributed by atoms with E-state index in [1.165, 1.54) is 22.8 Å². The van der Waals surface area contributed by atoms with Crippen molar-refractivity contribution in [1.29, 1.82) is 0 Å². The lowest BCUT2D eigenvalue weighted by Crippen LogP contribution is -2.43. The minimum absolute atomic E-state index is 0.0503. The van der Waals surface area contributed by atoms with Crippen LogP contribution in [0.4, 0.5) is 0 Å². The quantitative estimate of drug-likeness (QED) is 0.405. The van der Waals surface area contributed by atoms with Crippen molar-refractivity contribution in [3.63, 3.8) is 0 Å². The fourth-order valence-corrected chi connectivity index (χ4v) is 2.64. The Balaban J connectivity index is 2.22. The molecular weight excluding hydrogens is 261 g/mol. The maximum Gasteiger partial charge on any atom is 0.492 e. The normalized spacial score (nSPS) is 15.4. The number of Topliss-reactive ketones (excluding diaryl/α,β-unsaturated/α-hetero) is 1. The minimum Gasteiger partial charge on any atom is -0.423 e. The zero-order valence-electron chi connectivity index (χ0n) is 11.6. The predicted molar refractivity (Wildman–Crippen MR) is 72.4 cm³/mol. The van der Waals surface area contributed by atoms with Gasteiger partial charge in [-0.25, -0.2) is 0 Å². The van der Waals surface area contributed by atoms with Gasteiger partial charge in [0.1, 0.15) is 5.69 Å². The molecule has 0 bridgehead atoms. The first-order valence-electron chi connectivity index (χ1n) is 6.63. The molecule has 7 nitrogen and oxygen atoms in total. The van der Waals surface area contributed by atoms with E-state index in [9.17, 15) is 19.6 Å². The molecule has 20 heavy (non-hydrogen) atoms. The number of carbonyl (C=O) groups is 2. The molecule has 0 aliphatic heterocycles. The molecule has 1 aliphatic carbocycles. The number of carbonyl (C=O) groups excluding carboxylic acids is 2. The Morgan fingerprint density at radius 3 is 2.55 bits per heavy atom. The molecule has 1 aromatic rings. The van der Waals surface area contributed by atoms with Crippen molar-refractivity contribution in [1.82, 2.24) is 14.7 Å². The van der Waals surface area contributed by atoms with E-state index in [-0.39, 0.29) is 17.2 Å². The number of ketones is 1. The Morgan fingerprint density at radius 1 is 1.40 bits per heavy atom. The summed E-state index contributed by atoms with van der Waals surface area (Å²) in [4.78, 5) is 26.0. The largest absolute Gasteiger partial charge is 0.492 e. The molecule has 0 unspecified atom stereocenters. The fraction of sp³-hybridized carbons (Fsp3) is 0.583. The highest BCUT2D eigenvalue weighted by Gasteiger charge is 2.33. The molecule has 0 radical (unpaired) electrons. The van der Waals surface area contributed by atoms with Gasteiger partial charge in [0.25, 0.3) is 11.7 Å². The Bertz CT molecular complexity index is 523. The second kappa shape index (κ2) is 5.76. The second-order valence-electron chi connectivity index (χ2n) is 5.13. The van der Waals surface area contributed by atoms with Gasteiger partial charge >= 0.3 is 7.12 Å². The van der Waals surface area contributed by atoms with Gasteiger partial charge in [-0.15, -0.1) is 0 Å². The molecule has 2 N–H and O–H groups in total. The number of aryl methyl sites for hydroxylation is 1. The molecule has 1 aromatic heterocycles. The van der Waals surface area contributed by atoms with Crippen LogP contribution in [0.3, 0.4) is 0 Å². The minimum atomic E-state index is -1.83. The van der Waals surface area contributed by atoms with E-state index in [2.05, 4.69) is 5.10 Å². The molecule has 108 valence electrons.